The molecule has 0 unspecified atom stereocenters. The topological polar surface area (TPSA) is 84.5 Å². The summed E-state index contributed by atoms with van der Waals surface area (Å²) in [4.78, 5) is 13.3. The quantitative estimate of drug-likeness (QED) is 0.772. The molecule has 2 rings (SSSR count). The fraction of sp³-hybridized carbons (Fsp3) is 0.0714. The zero-order chi connectivity index (χ0) is 16.9. The van der Waals surface area contributed by atoms with Gasteiger partial charge >= 0.3 is 0 Å². The molecule has 0 aromatic heterocycles. The Hall–Kier alpha value is -2.16. The summed E-state index contributed by atoms with van der Waals surface area (Å²) in [6, 6.07) is 10.8. The van der Waals surface area contributed by atoms with Gasteiger partial charge in [0.15, 0.2) is 6.61 Å². The largest absolute Gasteiger partial charge is 0.484 e. The third kappa shape index (κ3) is 4.92. The van der Waals surface area contributed by atoms with Crippen molar-refractivity contribution in [2.24, 2.45) is 0 Å². The van der Waals surface area contributed by atoms with E-state index in [-0.39, 0.29) is 15.7 Å². The molecule has 0 aliphatic rings. The highest BCUT2D eigenvalue weighted by atomic mass is 35.5. The first-order chi connectivity index (χ1) is 10.9. The van der Waals surface area contributed by atoms with Crippen LogP contribution in [-0.4, -0.2) is 20.9 Å². The van der Waals surface area contributed by atoms with E-state index in [9.17, 15) is 17.6 Å². The van der Waals surface area contributed by atoms with E-state index in [0.717, 1.165) is 0 Å². The van der Waals surface area contributed by atoms with Gasteiger partial charge in [0.2, 0.25) is 0 Å². The number of hydrogen-bond donors (Lipinski definition) is 2. The van der Waals surface area contributed by atoms with Crippen molar-refractivity contribution >= 4 is 27.5 Å². The number of carbonyl (C=O) groups is 1. The van der Waals surface area contributed by atoms with Crippen LogP contribution in [0.5, 0.6) is 5.75 Å². The molecule has 9 heteroatoms. The van der Waals surface area contributed by atoms with Gasteiger partial charge in [0.05, 0.1) is 5.02 Å². The molecule has 0 fully saturated rings. The van der Waals surface area contributed by atoms with Crippen molar-refractivity contribution in [1.29, 1.82) is 0 Å². The SMILES string of the molecule is O=C(COc1ccc(F)cc1)NNS(=O)(=O)c1ccccc1Cl. The second-order valence-electron chi connectivity index (χ2n) is 4.33. The molecular formula is C14H12ClFN2O4S. The lowest BCUT2D eigenvalue weighted by Crippen LogP contribution is -2.43. The zero-order valence-electron chi connectivity index (χ0n) is 11.6. The third-order valence-corrected chi connectivity index (χ3v) is 4.38. The van der Waals surface area contributed by atoms with Crippen molar-refractivity contribution in [1.82, 2.24) is 10.3 Å². The number of nitrogens with one attached hydrogen (secondary N) is 2. The molecule has 1 amide bonds. The highest BCUT2D eigenvalue weighted by Gasteiger charge is 2.18. The average Bonchev–Trinajstić information content (AvgIpc) is 2.53. The number of sulfonamides is 1. The fourth-order valence-electron chi connectivity index (χ4n) is 1.56. The first-order valence-electron chi connectivity index (χ1n) is 6.32. The van der Waals surface area contributed by atoms with Crippen LogP contribution in [0, 0.1) is 5.82 Å². The van der Waals surface area contributed by atoms with E-state index in [0.29, 0.717) is 0 Å². The number of hydrogen-bond acceptors (Lipinski definition) is 4. The van der Waals surface area contributed by atoms with Crippen LogP contribution in [0.3, 0.4) is 0 Å². The fourth-order valence-corrected chi connectivity index (χ4v) is 2.94. The number of halogens is 2. The Balaban J connectivity index is 1.89. The summed E-state index contributed by atoms with van der Waals surface area (Å²) >= 11 is 5.79. The lowest BCUT2D eigenvalue weighted by atomic mass is 10.3. The second kappa shape index (κ2) is 7.40. The average molecular weight is 359 g/mol. The minimum absolute atomic E-state index is 0.0248. The summed E-state index contributed by atoms with van der Waals surface area (Å²) < 4.78 is 41.7. The van der Waals surface area contributed by atoms with E-state index in [1.165, 1.54) is 42.5 Å². The Morgan fingerprint density at radius 1 is 1.13 bits per heavy atom. The molecule has 0 heterocycles. The maximum atomic E-state index is 12.7. The van der Waals surface area contributed by atoms with Gasteiger partial charge in [-0.25, -0.2) is 12.8 Å². The molecule has 0 aliphatic heterocycles. The number of rotatable bonds is 6. The minimum Gasteiger partial charge on any atom is -0.484 e. The normalized spacial score (nSPS) is 11.0. The number of carbonyl (C=O) groups excluding carboxylic acids is 1. The minimum atomic E-state index is -3.99. The molecule has 0 saturated carbocycles. The van der Waals surface area contributed by atoms with Crippen LogP contribution < -0.4 is 15.0 Å². The van der Waals surface area contributed by atoms with E-state index < -0.39 is 28.4 Å². The molecule has 122 valence electrons. The molecular weight excluding hydrogens is 347 g/mol. The van der Waals surface area contributed by atoms with E-state index in [1.54, 1.807) is 6.07 Å². The summed E-state index contributed by atoms with van der Waals surface area (Å²) in [6.07, 6.45) is 0. The molecule has 0 spiro atoms. The molecule has 2 N–H and O–H groups in total. The first-order valence-corrected chi connectivity index (χ1v) is 8.18. The highest BCUT2D eigenvalue weighted by Crippen LogP contribution is 2.19. The molecule has 23 heavy (non-hydrogen) atoms. The van der Waals surface area contributed by atoms with Gasteiger partial charge in [0, 0.05) is 0 Å². The van der Waals surface area contributed by atoms with Gasteiger partial charge in [0.25, 0.3) is 15.9 Å². The van der Waals surface area contributed by atoms with Crippen molar-refractivity contribution in [3.8, 4) is 5.75 Å². The summed E-state index contributed by atoms with van der Waals surface area (Å²) in [5, 5.41) is 0.0248. The zero-order valence-corrected chi connectivity index (χ0v) is 13.2. The smallest absolute Gasteiger partial charge is 0.272 e. The number of ether oxygens (including phenoxy) is 1. The molecule has 0 bridgehead atoms. The molecule has 2 aromatic carbocycles. The van der Waals surface area contributed by atoms with Gasteiger partial charge in [0.1, 0.15) is 16.5 Å². The van der Waals surface area contributed by atoms with Crippen LogP contribution in [0.15, 0.2) is 53.4 Å². The van der Waals surface area contributed by atoms with Crippen LogP contribution >= 0.6 is 11.6 Å². The van der Waals surface area contributed by atoms with Crippen molar-refractivity contribution in [2.45, 2.75) is 4.90 Å². The lowest BCUT2D eigenvalue weighted by molar-refractivity contribution is -0.123. The monoisotopic (exact) mass is 358 g/mol. The van der Waals surface area contributed by atoms with Crippen molar-refractivity contribution in [3.63, 3.8) is 0 Å². The molecule has 0 radical (unpaired) electrons. The Kier molecular flexibility index (Phi) is 5.54. The van der Waals surface area contributed by atoms with Crippen molar-refractivity contribution in [3.05, 3.63) is 59.4 Å². The van der Waals surface area contributed by atoms with Crippen LogP contribution in [0.4, 0.5) is 4.39 Å². The van der Waals surface area contributed by atoms with Crippen LogP contribution in [0.25, 0.3) is 0 Å². The van der Waals surface area contributed by atoms with E-state index >= 15 is 0 Å². The third-order valence-electron chi connectivity index (χ3n) is 2.63. The molecule has 0 aliphatic carbocycles. The maximum Gasteiger partial charge on any atom is 0.272 e. The summed E-state index contributed by atoms with van der Waals surface area (Å²) in [6.45, 7) is -0.448. The van der Waals surface area contributed by atoms with Gasteiger partial charge < -0.3 is 4.74 Å². The highest BCUT2D eigenvalue weighted by molar-refractivity contribution is 7.89. The standard InChI is InChI=1S/C14H12ClFN2O4S/c15-12-3-1-2-4-13(12)23(20,21)18-17-14(19)9-22-11-7-5-10(16)6-8-11/h1-8,18H,9H2,(H,17,19). The lowest BCUT2D eigenvalue weighted by Gasteiger charge is -2.10. The van der Waals surface area contributed by atoms with Gasteiger partial charge in [-0.2, -0.15) is 0 Å². The Morgan fingerprint density at radius 2 is 1.78 bits per heavy atom. The van der Waals surface area contributed by atoms with Crippen LogP contribution in [0.1, 0.15) is 0 Å². The molecule has 2 aromatic rings. The Labute approximate surface area is 137 Å². The molecule has 0 atom stereocenters. The van der Waals surface area contributed by atoms with Crippen LogP contribution in [-0.2, 0) is 14.8 Å². The molecule has 6 nitrogen and oxygen atoms in total. The van der Waals surface area contributed by atoms with Gasteiger partial charge in [-0.15, -0.1) is 4.83 Å². The van der Waals surface area contributed by atoms with Gasteiger partial charge in [-0.1, -0.05) is 23.7 Å². The second-order valence-corrected chi connectivity index (χ2v) is 6.38. The van der Waals surface area contributed by atoms with Gasteiger partial charge in [-0.3, -0.25) is 10.2 Å². The van der Waals surface area contributed by atoms with Crippen molar-refractivity contribution in [2.75, 3.05) is 6.61 Å². The summed E-state index contributed by atoms with van der Waals surface area (Å²) in [7, 11) is -3.99. The van der Waals surface area contributed by atoms with Crippen molar-refractivity contribution < 1.29 is 22.3 Å². The van der Waals surface area contributed by atoms with Gasteiger partial charge in [-0.05, 0) is 36.4 Å². The number of benzene rings is 2. The van der Waals surface area contributed by atoms with E-state index in [2.05, 4.69) is 0 Å². The predicted molar refractivity (Wildman–Crippen MR) is 81.8 cm³/mol. The Bertz CT molecular complexity index is 797. The first kappa shape index (κ1) is 17.2. The maximum absolute atomic E-state index is 12.7. The van der Waals surface area contributed by atoms with Crippen LogP contribution in [0.2, 0.25) is 5.02 Å². The predicted octanol–water partition coefficient (Wildman–Crippen LogP) is 1.87. The summed E-state index contributed by atoms with van der Waals surface area (Å²) in [5.41, 5.74) is 2.00. The summed E-state index contributed by atoms with van der Waals surface area (Å²) in [5.74, 6) is -0.894. The number of amides is 1. The van der Waals surface area contributed by atoms with E-state index in [4.69, 9.17) is 16.3 Å². The van der Waals surface area contributed by atoms with E-state index in [1.807, 2.05) is 10.3 Å². The molecule has 0 saturated heterocycles. The number of hydrazine groups is 1. The Morgan fingerprint density at radius 3 is 2.43 bits per heavy atom.